The molecule has 0 spiro atoms. The van der Waals surface area contributed by atoms with Crippen LogP contribution in [0.25, 0.3) is 0 Å². The first kappa shape index (κ1) is 14.3. The predicted molar refractivity (Wildman–Crippen MR) is 57.4 cm³/mol. The molecule has 0 rings (SSSR count). The summed E-state index contributed by atoms with van der Waals surface area (Å²) in [5.74, 6) is -1.01. The van der Waals surface area contributed by atoms with Crippen LogP contribution in [-0.4, -0.2) is 41.2 Å². The lowest BCUT2D eigenvalue weighted by atomic mass is 10.3. The Morgan fingerprint density at radius 3 is 2.00 bits per heavy atom. The van der Waals surface area contributed by atoms with Crippen molar-refractivity contribution in [3.63, 3.8) is 0 Å². The third-order valence-corrected chi connectivity index (χ3v) is 4.81. The standard InChI is InChI=1S/C9H18O5Si/c1-5-6-8(7-9(10)11)15(12-2,13-3)14-4/h7H,5-6H2,1-4H3,(H,10,11). The molecule has 88 valence electrons. The highest BCUT2D eigenvalue weighted by Gasteiger charge is 2.42. The van der Waals surface area contributed by atoms with Gasteiger partial charge in [0.1, 0.15) is 0 Å². The monoisotopic (exact) mass is 234 g/mol. The van der Waals surface area contributed by atoms with Crippen molar-refractivity contribution in [3.8, 4) is 0 Å². The average Bonchev–Trinajstić information content (AvgIpc) is 2.21. The number of carbonyl (C=O) groups is 1. The van der Waals surface area contributed by atoms with Gasteiger partial charge < -0.3 is 18.4 Å². The summed E-state index contributed by atoms with van der Waals surface area (Å²) in [4.78, 5) is 10.7. The number of aliphatic carboxylic acids is 1. The van der Waals surface area contributed by atoms with Gasteiger partial charge in [0.15, 0.2) is 0 Å². The molecule has 0 aromatic rings. The molecule has 0 aromatic heterocycles. The van der Waals surface area contributed by atoms with Crippen LogP contribution in [0.3, 0.4) is 0 Å². The summed E-state index contributed by atoms with van der Waals surface area (Å²) in [6, 6.07) is 0. The summed E-state index contributed by atoms with van der Waals surface area (Å²) >= 11 is 0. The van der Waals surface area contributed by atoms with Crippen LogP contribution in [-0.2, 0) is 18.1 Å². The van der Waals surface area contributed by atoms with E-state index in [4.69, 9.17) is 18.4 Å². The van der Waals surface area contributed by atoms with Gasteiger partial charge in [0.25, 0.3) is 0 Å². The average molecular weight is 234 g/mol. The van der Waals surface area contributed by atoms with Crippen LogP contribution in [0.2, 0.25) is 0 Å². The Morgan fingerprint density at radius 1 is 1.27 bits per heavy atom. The van der Waals surface area contributed by atoms with E-state index in [1.807, 2.05) is 6.92 Å². The molecule has 0 fully saturated rings. The van der Waals surface area contributed by atoms with E-state index in [0.717, 1.165) is 12.5 Å². The van der Waals surface area contributed by atoms with Crippen molar-refractivity contribution in [3.05, 3.63) is 11.3 Å². The minimum atomic E-state index is -2.95. The van der Waals surface area contributed by atoms with Crippen molar-refractivity contribution in [2.45, 2.75) is 19.8 Å². The lowest BCUT2D eigenvalue weighted by Gasteiger charge is -2.26. The number of carboxylic acid groups (broad SMARTS) is 1. The van der Waals surface area contributed by atoms with Gasteiger partial charge in [-0.1, -0.05) is 13.3 Å². The zero-order valence-corrected chi connectivity index (χ0v) is 10.6. The molecule has 0 amide bonds. The topological polar surface area (TPSA) is 65.0 Å². The number of allylic oxidation sites excluding steroid dienone is 1. The Balaban J connectivity index is 5.08. The van der Waals surface area contributed by atoms with E-state index in [2.05, 4.69) is 0 Å². The molecule has 0 atom stereocenters. The molecule has 6 heteroatoms. The molecular weight excluding hydrogens is 216 g/mol. The van der Waals surface area contributed by atoms with E-state index in [1.54, 1.807) is 0 Å². The van der Waals surface area contributed by atoms with E-state index in [0.29, 0.717) is 11.6 Å². The first-order chi connectivity index (χ1) is 7.06. The quantitative estimate of drug-likeness (QED) is 0.530. The Kier molecular flexibility index (Phi) is 6.42. The predicted octanol–water partition coefficient (Wildman–Crippen LogP) is 1.21. The summed E-state index contributed by atoms with van der Waals surface area (Å²) in [6.07, 6.45) is 2.52. The van der Waals surface area contributed by atoms with Gasteiger partial charge in [-0.15, -0.1) is 0 Å². The maximum absolute atomic E-state index is 10.7. The fourth-order valence-electron chi connectivity index (χ4n) is 1.38. The fraction of sp³-hybridized carbons (Fsp3) is 0.667. The van der Waals surface area contributed by atoms with Crippen LogP contribution in [0.5, 0.6) is 0 Å². The second kappa shape index (κ2) is 6.73. The van der Waals surface area contributed by atoms with Gasteiger partial charge in [0, 0.05) is 32.6 Å². The Morgan fingerprint density at radius 2 is 1.73 bits per heavy atom. The normalized spacial score (nSPS) is 12.9. The third-order valence-electron chi connectivity index (χ3n) is 2.02. The molecular formula is C9H18O5Si. The number of hydrogen-bond donors (Lipinski definition) is 1. The largest absolute Gasteiger partial charge is 0.532 e. The van der Waals surface area contributed by atoms with Crippen molar-refractivity contribution in [2.75, 3.05) is 21.3 Å². The zero-order valence-electron chi connectivity index (χ0n) is 9.57. The van der Waals surface area contributed by atoms with Crippen LogP contribution in [0, 0.1) is 0 Å². The van der Waals surface area contributed by atoms with E-state index in [-0.39, 0.29) is 0 Å². The van der Waals surface area contributed by atoms with Gasteiger partial charge in [-0.05, 0) is 6.42 Å². The fourth-order valence-corrected chi connectivity index (χ4v) is 3.52. The molecule has 0 aliphatic heterocycles. The van der Waals surface area contributed by atoms with Crippen LogP contribution < -0.4 is 0 Å². The second-order valence-corrected chi connectivity index (χ2v) is 5.91. The summed E-state index contributed by atoms with van der Waals surface area (Å²) in [7, 11) is 1.44. The SMILES string of the molecule is CCCC(=CC(=O)O)[Si](OC)(OC)OC. The Bertz CT molecular complexity index is 226. The number of carboxylic acids is 1. The van der Waals surface area contributed by atoms with Gasteiger partial charge in [-0.25, -0.2) is 4.79 Å². The van der Waals surface area contributed by atoms with Crippen LogP contribution in [0.15, 0.2) is 11.3 Å². The molecule has 5 nitrogen and oxygen atoms in total. The maximum Gasteiger partial charge on any atom is 0.532 e. The third kappa shape index (κ3) is 3.75. The highest BCUT2D eigenvalue weighted by molar-refractivity contribution is 6.69. The molecule has 0 saturated heterocycles. The first-order valence-electron chi connectivity index (χ1n) is 4.65. The Labute approximate surface area is 91.0 Å². The van der Waals surface area contributed by atoms with E-state index < -0.39 is 14.8 Å². The molecule has 0 aliphatic rings. The number of hydrogen-bond acceptors (Lipinski definition) is 4. The van der Waals surface area contributed by atoms with Gasteiger partial charge in [0.05, 0.1) is 0 Å². The molecule has 0 saturated carbocycles. The van der Waals surface area contributed by atoms with E-state index >= 15 is 0 Å². The van der Waals surface area contributed by atoms with Crippen molar-refractivity contribution in [1.82, 2.24) is 0 Å². The molecule has 0 bridgehead atoms. The highest BCUT2D eigenvalue weighted by Crippen LogP contribution is 2.21. The van der Waals surface area contributed by atoms with Gasteiger partial charge in [-0.2, -0.15) is 0 Å². The Hall–Kier alpha value is -0.693. The van der Waals surface area contributed by atoms with E-state index in [1.165, 1.54) is 21.3 Å². The molecule has 0 unspecified atom stereocenters. The lowest BCUT2D eigenvalue weighted by molar-refractivity contribution is -0.131. The molecule has 1 N–H and O–H groups in total. The molecule has 15 heavy (non-hydrogen) atoms. The highest BCUT2D eigenvalue weighted by atomic mass is 28.4. The van der Waals surface area contributed by atoms with Crippen LogP contribution in [0.4, 0.5) is 0 Å². The molecule has 0 aliphatic carbocycles. The summed E-state index contributed by atoms with van der Waals surface area (Å²) in [5, 5.41) is 9.33. The molecule has 0 aromatic carbocycles. The lowest BCUT2D eigenvalue weighted by Crippen LogP contribution is -2.45. The van der Waals surface area contributed by atoms with Gasteiger partial charge in [0.2, 0.25) is 0 Å². The first-order valence-corrected chi connectivity index (χ1v) is 6.38. The molecule has 0 radical (unpaired) electrons. The number of rotatable bonds is 7. The second-order valence-electron chi connectivity index (χ2n) is 2.93. The van der Waals surface area contributed by atoms with Crippen molar-refractivity contribution >= 4 is 14.8 Å². The van der Waals surface area contributed by atoms with E-state index in [9.17, 15) is 4.79 Å². The smallest absolute Gasteiger partial charge is 0.478 e. The minimum Gasteiger partial charge on any atom is -0.478 e. The van der Waals surface area contributed by atoms with Gasteiger partial charge >= 0.3 is 14.8 Å². The maximum atomic E-state index is 10.7. The minimum absolute atomic E-state index is 0.588. The van der Waals surface area contributed by atoms with Crippen LogP contribution in [0.1, 0.15) is 19.8 Å². The van der Waals surface area contributed by atoms with Crippen molar-refractivity contribution in [1.29, 1.82) is 0 Å². The summed E-state index contributed by atoms with van der Waals surface area (Å²) in [6.45, 7) is 1.95. The van der Waals surface area contributed by atoms with Gasteiger partial charge in [-0.3, -0.25) is 0 Å². The van der Waals surface area contributed by atoms with Crippen LogP contribution >= 0.6 is 0 Å². The summed E-state index contributed by atoms with van der Waals surface area (Å²) < 4.78 is 15.6. The van der Waals surface area contributed by atoms with Crippen molar-refractivity contribution in [2.24, 2.45) is 0 Å². The zero-order chi connectivity index (χ0) is 11.9. The summed E-state index contributed by atoms with van der Waals surface area (Å²) in [5.41, 5.74) is 0. The molecule has 0 heterocycles. The van der Waals surface area contributed by atoms with Crippen molar-refractivity contribution < 1.29 is 23.2 Å².